The molecule has 0 aromatic heterocycles. The first-order chi connectivity index (χ1) is 14.5. The Morgan fingerprint density at radius 3 is 2.67 bits per heavy atom. The molecule has 1 unspecified atom stereocenters. The van der Waals surface area contributed by atoms with Crippen LogP contribution in [0.2, 0.25) is 0 Å². The fraction of sp³-hybridized carbons (Fsp3) is 0.400. The molecule has 1 amide bonds. The molecule has 30 heavy (non-hydrogen) atoms. The predicted molar refractivity (Wildman–Crippen MR) is 130 cm³/mol. The van der Waals surface area contributed by atoms with Crippen LogP contribution < -0.4 is 10.6 Å². The minimum Gasteiger partial charge on any atom is -0.383 e. The number of carbonyl (C=O) groups is 1. The molecular formula is C20H29N2O5PS2. The molecule has 0 heterocycles. The standard InChI is InChI=1S/C20H29N2O5PS2/c1-2-26-28(24,15-29)27-14-4-3-11-20(23)22-13-12-21-18-9-5-8-17-16(18)7-6-10-19(17)30-25/h5-10,15,21,24-25,29H,2-4,11-14H2,1H3,(H,22,23). The second kappa shape index (κ2) is 13.3. The minimum absolute atomic E-state index is 0.0238. The number of nitrogens with one attached hydrogen (secondary N) is 2. The van der Waals surface area contributed by atoms with Crippen LogP contribution >= 0.6 is 32.2 Å². The highest BCUT2D eigenvalue weighted by Crippen LogP contribution is 2.44. The van der Waals surface area contributed by atoms with Gasteiger partial charge in [0, 0.05) is 52.7 Å². The molecule has 166 valence electrons. The van der Waals surface area contributed by atoms with Crippen LogP contribution in [0, 0.1) is 0 Å². The summed E-state index contributed by atoms with van der Waals surface area (Å²) in [6.07, 6.45) is 1.69. The van der Waals surface area contributed by atoms with Crippen molar-refractivity contribution < 1.29 is 23.3 Å². The summed E-state index contributed by atoms with van der Waals surface area (Å²) in [7, 11) is -2.97. The highest BCUT2D eigenvalue weighted by atomic mass is 32.2. The Kier molecular flexibility index (Phi) is 11.1. The molecule has 1 atom stereocenters. The van der Waals surface area contributed by atoms with E-state index in [1.54, 1.807) is 6.92 Å². The van der Waals surface area contributed by atoms with E-state index in [9.17, 15) is 14.2 Å². The molecule has 10 heteroatoms. The van der Waals surface area contributed by atoms with Gasteiger partial charge in [-0.25, -0.2) is 0 Å². The van der Waals surface area contributed by atoms with Gasteiger partial charge in [0.1, 0.15) is 0 Å². The average Bonchev–Trinajstić information content (AvgIpc) is 2.76. The van der Waals surface area contributed by atoms with Gasteiger partial charge in [-0.1, -0.05) is 24.3 Å². The zero-order valence-corrected chi connectivity index (χ0v) is 19.5. The van der Waals surface area contributed by atoms with E-state index in [2.05, 4.69) is 23.3 Å². The monoisotopic (exact) mass is 472 g/mol. The Hall–Kier alpha value is -1.19. The van der Waals surface area contributed by atoms with Crippen molar-refractivity contribution in [2.24, 2.45) is 0 Å². The van der Waals surface area contributed by atoms with Gasteiger partial charge in [0.05, 0.1) is 13.2 Å². The van der Waals surface area contributed by atoms with Gasteiger partial charge >= 0.3 is 0 Å². The lowest BCUT2D eigenvalue weighted by atomic mass is 10.1. The summed E-state index contributed by atoms with van der Waals surface area (Å²) in [6, 6.07) is 11.7. The third-order valence-corrected chi connectivity index (χ3v) is 7.18. The van der Waals surface area contributed by atoms with Gasteiger partial charge in [0.25, 0.3) is 7.57 Å². The van der Waals surface area contributed by atoms with E-state index in [-0.39, 0.29) is 5.91 Å². The molecule has 0 saturated carbocycles. The van der Waals surface area contributed by atoms with E-state index in [0.29, 0.717) is 45.6 Å². The topological polar surface area (TPSA) is 100 Å². The summed E-state index contributed by atoms with van der Waals surface area (Å²) in [5, 5.41) is 9.49. The van der Waals surface area contributed by atoms with Crippen molar-refractivity contribution in [3.8, 4) is 0 Å². The van der Waals surface area contributed by atoms with Crippen molar-refractivity contribution in [1.82, 2.24) is 5.32 Å². The van der Waals surface area contributed by atoms with E-state index < -0.39 is 7.57 Å². The number of fused-ring (bicyclic) bond motifs is 1. The normalized spacial score (nSPS) is 13.1. The maximum atomic E-state index is 12.0. The molecule has 2 aromatic rings. The lowest BCUT2D eigenvalue weighted by Crippen LogP contribution is -2.28. The van der Waals surface area contributed by atoms with E-state index in [0.717, 1.165) is 33.4 Å². The molecule has 0 spiro atoms. The highest BCUT2D eigenvalue weighted by Gasteiger charge is 2.13. The Morgan fingerprint density at radius 1 is 1.17 bits per heavy atom. The number of hydrogen-bond donors (Lipinski definition) is 5. The van der Waals surface area contributed by atoms with Crippen molar-refractivity contribution in [1.29, 1.82) is 0 Å². The summed E-state index contributed by atoms with van der Waals surface area (Å²) in [4.78, 5) is 22.8. The van der Waals surface area contributed by atoms with Crippen LogP contribution in [0.25, 0.3) is 10.8 Å². The molecule has 4 N–H and O–H groups in total. The number of amides is 1. The smallest absolute Gasteiger partial charge is 0.261 e. The fourth-order valence-electron chi connectivity index (χ4n) is 2.87. The number of anilines is 1. The van der Waals surface area contributed by atoms with Crippen molar-refractivity contribution in [3.05, 3.63) is 36.4 Å². The van der Waals surface area contributed by atoms with Gasteiger partial charge in [-0.15, -0.1) is 12.6 Å². The van der Waals surface area contributed by atoms with Gasteiger partial charge in [-0.05, 0) is 37.3 Å². The molecule has 7 nitrogen and oxygen atoms in total. The first-order valence-electron chi connectivity index (χ1n) is 9.76. The van der Waals surface area contributed by atoms with Crippen LogP contribution in [-0.2, 0) is 13.8 Å². The predicted octanol–water partition coefficient (Wildman–Crippen LogP) is 4.60. The molecule has 0 aliphatic rings. The second-order valence-electron chi connectivity index (χ2n) is 6.41. The van der Waals surface area contributed by atoms with Gasteiger partial charge < -0.3 is 29.1 Å². The number of rotatable bonds is 13. The van der Waals surface area contributed by atoms with E-state index in [4.69, 9.17) is 9.05 Å². The van der Waals surface area contributed by atoms with Crippen LogP contribution in [0.1, 0.15) is 26.2 Å². The summed E-state index contributed by atoms with van der Waals surface area (Å²) in [6.45, 7) is 3.53. The molecule has 0 aliphatic carbocycles. The van der Waals surface area contributed by atoms with Gasteiger partial charge in [-0.2, -0.15) is 0 Å². The van der Waals surface area contributed by atoms with Crippen LogP contribution in [0.4, 0.5) is 5.69 Å². The number of unbranched alkanes of at least 4 members (excludes halogenated alkanes) is 1. The van der Waals surface area contributed by atoms with Crippen molar-refractivity contribution in [2.45, 2.75) is 31.1 Å². The maximum absolute atomic E-state index is 12.0. The third-order valence-electron chi connectivity index (χ3n) is 4.28. The van der Waals surface area contributed by atoms with Crippen molar-refractivity contribution >= 4 is 59.7 Å². The first-order valence-corrected chi connectivity index (χ1v) is 12.7. The maximum Gasteiger partial charge on any atom is 0.261 e. The summed E-state index contributed by atoms with van der Waals surface area (Å²) < 4.78 is 19.9. The fourth-order valence-corrected chi connectivity index (χ4v) is 4.66. The largest absolute Gasteiger partial charge is 0.383 e. The van der Waals surface area contributed by atoms with Crippen LogP contribution in [-0.4, -0.2) is 46.8 Å². The first kappa shape index (κ1) is 25.1. The quantitative estimate of drug-likeness (QED) is 0.126. The molecule has 2 aromatic carbocycles. The Labute approximate surface area is 187 Å². The highest BCUT2D eigenvalue weighted by molar-refractivity contribution is 8.03. The summed E-state index contributed by atoms with van der Waals surface area (Å²) in [5.41, 5.74) is 0.959. The van der Waals surface area contributed by atoms with E-state index in [1.165, 1.54) is 5.13 Å². The van der Waals surface area contributed by atoms with Crippen molar-refractivity contribution in [3.63, 3.8) is 0 Å². The molecule has 0 radical (unpaired) electrons. The van der Waals surface area contributed by atoms with Crippen LogP contribution in [0.5, 0.6) is 0 Å². The molecule has 0 saturated heterocycles. The number of carbonyl (C=O) groups excluding carboxylic acids is 1. The van der Waals surface area contributed by atoms with Crippen LogP contribution in [0.3, 0.4) is 0 Å². The molecule has 0 aliphatic heterocycles. The number of thiol groups is 1. The SMILES string of the molecule is CCOP(O)(=CS)OCCCCC(=O)NCCNc1cccc2c(SO)cccc12. The van der Waals surface area contributed by atoms with Gasteiger partial charge in [0.15, 0.2) is 0 Å². The summed E-state index contributed by atoms with van der Waals surface area (Å²) >= 11 is 4.68. The van der Waals surface area contributed by atoms with E-state index >= 15 is 0 Å². The molecule has 2 rings (SSSR count). The zero-order valence-electron chi connectivity index (χ0n) is 16.9. The second-order valence-corrected chi connectivity index (χ2v) is 9.60. The van der Waals surface area contributed by atoms with Gasteiger partial charge in [0.2, 0.25) is 5.91 Å². The Balaban J connectivity index is 1.67. The molecular weight excluding hydrogens is 443 g/mol. The zero-order chi connectivity index (χ0) is 21.8. The van der Waals surface area contributed by atoms with Gasteiger partial charge in [-0.3, -0.25) is 4.79 Å². The lowest BCUT2D eigenvalue weighted by Gasteiger charge is -2.17. The van der Waals surface area contributed by atoms with E-state index in [1.807, 2.05) is 36.4 Å². The number of benzene rings is 2. The Morgan fingerprint density at radius 2 is 1.93 bits per heavy atom. The summed E-state index contributed by atoms with van der Waals surface area (Å²) in [5.74, 6) is -0.0238. The van der Waals surface area contributed by atoms with Crippen LogP contribution in [0.15, 0.2) is 41.3 Å². The number of hydrogen-bond acceptors (Lipinski definition) is 7. The minimum atomic E-state index is -2.97. The lowest BCUT2D eigenvalue weighted by molar-refractivity contribution is -0.121. The Bertz CT molecular complexity index is 881. The molecule has 0 bridgehead atoms. The average molecular weight is 473 g/mol. The third kappa shape index (κ3) is 7.81. The van der Waals surface area contributed by atoms with Crippen molar-refractivity contribution in [2.75, 3.05) is 31.6 Å². The molecule has 0 fully saturated rings.